The van der Waals surface area contributed by atoms with E-state index in [0.717, 1.165) is 53.3 Å². The standard InChI is InChI=1S/C17H22N6OS/c1-11-8-14-15(24-11)9-13(10-19-14)12(2)22-4-6-23(7-5-22)17-21-20-16(18-3)25-17/h8-10,12H,4-7H2,1-3H3,(H,18,20). The van der Waals surface area contributed by atoms with Gasteiger partial charge in [-0.1, -0.05) is 11.3 Å². The topological polar surface area (TPSA) is 70.3 Å². The van der Waals surface area contributed by atoms with Gasteiger partial charge in [0.25, 0.3) is 0 Å². The predicted octanol–water partition coefficient (Wildman–Crippen LogP) is 2.91. The van der Waals surface area contributed by atoms with E-state index in [4.69, 9.17) is 4.42 Å². The average molecular weight is 358 g/mol. The zero-order valence-corrected chi connectivity index (χ0v) is 15.5. The van der Waals surface area contributed by atoms with Gasteiger partial charge in [-0.05, 0) is 25.5 Å². The Bertz CT molecular complexity index is 867. The summed E-state index contributed by atoms with van der Waals surface area (Å²) in [6, 6.07) is 4.41. The van der Waals surface area contributed by atoms with E-state index in [0.29, 0.717) is 6.04 Å². The van der Waals surface area contributed by atoms with E-state index in [-0.39, 0.29) is 0 Å². The van der Waals surface area contributed by atoms with E-state index >= 15 is 0 Å². The summed E-state index contributed by atoms with van der Waals surface area (Å²) in [5.41, 5.74) is 2.99. The molecule has 1 fully saturated rings. The number of fused-ring (bicyclic) bond motifs is 1. The molecule has 1 atom stereocenters. The third kappa shape index (κ3) is 3.19. The molecule has 0 radical (unpaired) electrons. The maximum atomic E-state index is 5.72. The lowest BCUT2D eigenvalue weighted by Gasteiger charge is -2.37. The van der Waals surface area contributed by atoms with Crippen LogP contribution in [-0.4, -0.2) is 53.3 Å². The highest BCUT2D eigenvalue weighted by Gasteiger charge is 2.24. The van der Waals surface area contributed by atoms with Crippen molar-refractivity contribution in [1.29, 1.82) is 0 Å². The Kier molecular flexibility index (Phi) is 4.30. The molecule has 3 aromatic heterocycles. The van der Waals surface area contributed by atoms with Crippen LogP contribution in [-0.2, 0) is 0 Å². The first-order valence-corrected chi connectivity index (χ1v) is 9.32. The average Bonchev–Trinajstić information content (AvgIpc) is 3.26. The highest BCUT2D eigenvalue weighted by atomic mass is 32.1. The summed E-state index contributed by atoms with van der Waals surface area (Å²) in [6.07, 6.45) is 1.97. The molecule has 0 aliphatic carbocycles. The summed E-state index contributed by atoms with van der Waals surface area (Å²) in [5.74, 6) is 0.902. The normalized spacial score (nSPS) is 17.2. The number of pyridine rings is 1. The largest absolute Gasteiger partial charge is 0.460 e. The van der Waals surface area contributed by atoms with E-state index in [1.807, 2.05) is 26.2 Å². The van der Waals surface area contributed by atoms with Crippen molar-refractivity contribution in [1.82, 2.24) is 20.1 Å². The molecule has 25 heavy (non-hydrogen) atoms. The zero-order valence-electron chi connectivity index (χ0n) is 14.7. The molecule has 1 unspecified atom stereocenters. The van der Waals surface area contributed by atoms with Crippen LogP contribution in [0, 0.1) is 6.92 Å². The third-order valence-electron chi connectivity index (χ3n) is 4.76. The Morgan fingerprint density at radius 1 is 1.20 bits per heavy atom. The fourth-order valence-electron chi connectivity index (χ4n) is 3.24. The van der Waals surface area contributed by atoms with Crippen LogP contribution < -0.4 is 10.2 Å². The molecule has 1 N–H and O–H groups in total. The number of hydrogen-bond donors (Lipinski definition) is 1. The van der Waals surface area contributed by atoms with Crippen molar-refractivity contribution in [3.8, 4) is 0 Å². The summed E-state index contributed by atoms with van der Waals surface area (Å²) >= 11 is 1.60. The van der Waals surface area contributed by atoms with Gasteiger partial charge < -0.3 is 14.6 Å². The van der Waals surface area contributed by atoms with Gasteiger partial charge in [0.1, 0.15) is 11.3 Å². The maximum absolute atomic E-state index is 5.72. The van der Waals surface area contributed by atoms with Crippen LogP contribution in [0.5, 0.6) is 0 Å². The van der Waals surface area contributed by atoms with Gasteiger partial charge in [0, 0.05) is 51.5 Å². The van der Waals surface area contributed by atoms with Gasteiger partial charge in [0.05, 0.1) is 0 Å². The quantitative estimate of drug-likeness (QED) is 0.769. The molecule has 0 amide bonds. The first-order valence-electron chi connectivity index (χ1n) is 8.50. The molecule has 3 aromatic rings. The molecule has 4 rings (SSSR count). The van der Waals surface area contributed by atoms with Gasteiger partial charge >= 0.3 is 0 Å². The summed E-state index contributed by atoms with van der Waals surface area (Å²) in [4.78, 5) is 9.32. The molecular weight excluding hydrogens is 336 g/mol. The number of furan rings is 1. The lowest BCUT2D eigenvalue weighted by molar-refractivity contribution is 0.198. The van der Waals surface area contributed by atoms with Crippen LogP contribution in [0.3, 0.4) is 0 Å². The summed E-state index contributed by atoms with van der Waals surface area (Å²) in [5, 5.41) is 13.3. The van der Waals surface area contributed by atoms with Gasteiger partial charge in [-0.2, -0.15) is 0 Å². The lowest BCUT2D eigenvalue weighted by Crippen LogP contribution is -2.47. The fourth-order valence-corrected chi connectivity index (χ4v) is 3.99. The highest BCUT2D eigenvalue weighted by Crippen LogP contribution is 2.28. The molecule has 7 nitrogen and oxygen atoms in total. The minimum atomic E-state index is 0.312. The molecule has 8 heteroatoms. The van der Waals surface area contributed by atoms with E-state index < -0.39 is 0 Å². The van der Waals surface area contributed by atoms with Crippen molar-refractivity contribution in [2.75, 3.05) is 43.4 Å². The Morgan fingerprint density at radius 2 is 2.00 bits per heavy atom. The number of rotatable bonds is 4. The van der Waals surface area contributed by atoms with Crippen LogP contribution in [0.1, 0.15) is 24.3 Å². The summed E-state index contributed by atoms with van der Waals surface area (Å²) < 4.78 is 5.72. The number of nitrogens with zero attached hydrogens (tertiary/aromatic N) is 5. The number of anilines is 2. The van der Waals surface area contributed by atoms with E-state index in [9.17, 15) is 0 Å². The summed E-state index contributed by atoms with van der Waals surface area (Å²) in [7, 11) is 1.87. The number of aryl methyl sites for hydroxylation is 1. The first kappa shape index (κ1) is 16.3. The molecule has 0 bridgehead atoms. The molecule has 0 saturated carbocycles. The fraction of sp³-hybridized carbons (Fsp3) is 0.471. The molecule has 1 saturated heterocycles. The second kappa shape index (κ2) is 6.61. The Balaban J connectivity index is 1.43. The van der Waals surface area contributed by atoms with Crippen molar-refractivity contribution in [2.45, 2.75) is 19.9 Å². The smallest absolute Gasteiger partial charge is 0.210 e. The predicted molar refractivity (Wildman–Crippen MR) is 100 cm³/mol. The molecule has 4 heterocycles. The second-order valence-corrected chi connectivity index (χ2v) is 7.30. The Hall–Kier alpha value is -2.19. The summed E-state index contributed by atoms with van der Waals surface area (Å²) in [6.45, 7) is 8.08. The van der Waals surface area contributed by atoms with Crippen LogP contribution in [0.25, 0.3) is 11.1 Å². The van der Waals surface area contributed by atoms with Gasteiger partial charge in [-0.15, -0.1) is 10.2 Å². The minimum absolute atomic E-state index is 0.312. The minimum Gasteiger partial charge on any atom is -0.460 e. The van der Waals surface area contributed by atoms with Crippen molar-refractivity contribution in [2.24, 2.45) is 0 Å². The molecule has 0 spiro atoms. The van der Waals surface area contributed by atoms with Crippen molar-refractivity contribution < 1.29 is 4.42 Å². The Labute approximate surface area is 150 Å². The first-order chi connectivity index (χ1) is 12.1. The van der Waals surface area contributed by atoms with E-state index in [1.165, 1.54) is 5.56 Å². The number of aromatic nitrogens is 3. The van der Waals surface area contributed by atoms with E-state index in [2.05, 4.69) is 43.3 Å². The van der Waals surface area contributed by atoms with Crippen molar-refractivity contribution in [3.05, 3.63) is 29.7 Å². The van der Waals surface area contributed by atoms with Gasteiger partial charge in [-0.25, -0.2) is 0 Å². The van der Waals surface area contributed by atoms with Gasteiger partial charge in [0.15, 0.2) is 5.58 Å². The van der Waals surface area contributed by atoms with Crippen LogP contribution in [0.2, 0.25) is 0 Å². The van der Waals surface area contributed by atoms with Crippen molar-refractivity contribution >= 4 is 32.7 Å². The van der Waals surface area contributed by atoms with Crippen LogP contribution in [0.15, 0.2) is 22.7 Å². The number of hydrogen-bond acceptors (Lipinski definition) is 8. The van der Waals surface area contributed by atoms with Gasteiger partial charge in [0.2, 0.25) is 10.3 Å². The second-order valence-electron chi connectivity index (χ2n) is 6.35. The maximum Gasteiger partial charge on any atom is 0.210 e. The Morgan fingerprint density at radius 3 is 2.72 bits per heavy atom. The van der Waals surface area contributed by atoms with Gasteiger partial charge in [-0.3, -0.25) is 9.88 Å². The molecule has 1 aliphatic rings. The van der Waals surface area contributed by atoms with E-state index in [1.54, 1.807) is 11.3 Å². The monoisotopic (exact) mass is 358 g/mol. The number of nitrogens with one attached hydrogen (secondary N) is 1. The number of piperazine rings is 1. The highest BCUT2D eigenvalue weighted by molar-refractivity contribution is 7.19. The molecule has 1 aliphatic heterocycles. The lowest BCUT2D eigenvalue weighted by atomic mass is 10.1. The third-order valence-corrected chi connectivity index (χ3v) is 5.76. The van der Waals surface area contributed by atoms with Crippen LogP contribution >= 0.6 is 11.3 Å². The SMILES string of the molecule is CNc1nnc(N2CCN(C(C)c3cnc4cc(C)oc4c3)CC2)s1. The molecule has 0 aromatic carbocycles. The zero-order chi connectivity index (χ0) is 17.4. The molecule has 132 valence electrons. The van der Waals surface area contributed by atoms with Crippen LogP contribution in [0.4, 0.5) is 10.3 Å². The molecular formula is C17H22N6OS. The van der Waals surface area contributed by atoms with Crippen molar-refractivity contribution in [3.63, 3.8) is 0 Å².